The molecular formula is C13H18BrNO3. The smallest absolute Gasteiger partial charge is 0.175 e. The van der Waals surface area contributed by atoms with Crippen molar-refractivity contribution in [2.75, 3.05) is 19.8 Å². The molecule has 0 spiro atoms. The van der Waals surface area contributed by atoms with E-state index in [1.54, 1.807) is 0 Å². The average molecular weight is 316 g/mol. The Balaban J connectivity index is 2.61. The van der Waals surface area contributed by atoms with Crippen LogP contribution in [0.3, 0.4) is 0 Å². The van der Waals surface area contributed by atoms with Gasteiger partial charge in [-0.2, -0.15) is 0 Å². The molecule has 4 nitrogen and oxygen atoms in total. The lowest BCUT2D eigenvalue weighted by molar-refractivity contribution is 0.169. The molecule has 18 heavy (non-hydrogen) atoms. The maximum atomic E-state index is 9.28. The van der Waals surface area contributed by atoms with Crippen LogP contribution in [0.15, 0.2) is 10.5 Å². The van der Waals surface area contributed by atoms with E-state index in [4.69, 9.17) is 15.2 Å². The first-order chi connectivity index (χ1) is 8.56. The fourth-order valence-corrected chi connectivity index (χ4v) is 3.17. The quantitative estimate of drug-likeness (QED) is 0.898. The summed E-state index contributed by atoms with van der Waals surface area (Å²) in [5.74, 6) is 1.71. The molecule has 2 rings (SSSR count). The third-order valence-electron chi connectivity index (χ3n) is 3.02. The van der Waals surface area contributed by atoms with Gasteiger partial charge in [0.05, 0.1) is 17.1 Å². The van der Waals surface area contributed by atoms with Crippen LogP contribution in [0.1, 0.15) is 36.9 Å². The van der Waals surface area contributed by atoms with Gasteiger partial charge < -0.3 is 20.3 Å². The molecule has 0 saturated carbocycles. The largest absolute Gasteiger partial charge is 0.486 e. The number of halogens is 1. The predicted octanol–water partition coefficient (Wildman–Crippen LogP) is 2.34. The second kappa shape index (κ2) is 5.47. The Morgan fingerprint density at radius 2 is 2.06 bits per heavy atom. The van der Waals surface area contributed by atoms with Crippen LogP contribution in [0, 0.1) is 0 Å². The lowest BCUT2D eigenvalue weighted by atomic mass is 9.92. The lowest BCUT2D eigenvalue weighted by Gasteiger charge is -2.26. The van der Waals surface area contributed by atoms with Gasteiger partial charge in [-0.25, -0.2) is 0 Å². The van der Waals surface area contributed by atoms with Gasteiger partial charge in [0.1, 0.15) is 13.2 Å². The SMILES string of the molecule is CC(C)c1c(C(N)CO)cc2c(c1Br)OCCO2. The second-order valence-corrected chi connectivity index (χ2v) is 5.45. The third-order valence-corrected chi connectivity index (χ3v) is 3.81. The van der Waals surface area contributed by atoms with Gasteiger partial charge in [0.15, 0.2) is 11.5 Å². The van der Waals surface area contributed by atoms with Gasteiger partial charge in [0.25, 0.3) is 0 Å². The van der Waals surface area contributed by atoms with Gasteiger partial charge in [-0.3, -0.25) is 0 Å². The number of nitrogens with two attached hydrogens (primary N) is 1. The Bertz CT molecular complexity index is 448. The zero-order valence-corrected chi connectivity index (χ0v) is 12.2. The highest BCUT2D eigenvalue weighted by atomic mass is 79.9. The van der Waals surface area contributed by atoms with Crippen LogP contribution in [0.4, 0.5) is 0 Å². The molecule has 0 saturated heterocycles. The van der Waals surface area contributed by atoms with E-state index in [1.807, 2.05) is 6.07 Å². The van der Waals surface area contributed by atoms with Gasteiger partial charge in [-0.05, 0) is 39.0 Å². The summed E-state index contributed by atoms with van der Waals surface area (Å²) < 4.78 is 12.1. The molecule has 0 fully saturated rings. The van der Waals surface area contributed by atoms with Crippen LogP contribution in [0.2, 0.25) is 0 Å². The minimum atomic E-state index is -0.408. The van der Waals surface area contributed by atoms with Crippen molar-refractivity contribution in [3.63, 3.8) is 0 Å². The molecule has 1 heterocycles. The Kier molecular flexibility index (Phi) is 4.14. The highest BCUT2D eigenvalue weighted by Crippen LogP contribution is 2.45. The summed E-state index contributed by atoms with van der Waals surface area (Å²) in [5.41, 5.74) is 7.94. The number of hydrogen-bond donors (Lipinski definition) is 2. The minimum absolute atomic E-state index is 0.0915. The summed E-state index contributed by atoms with van der Waals surface area (Å²) in [6, 6.07) is 1.48. The zero-order valence-electron chi connectivity index (χ0n) is 10.6. The number of hydrogen-bond acceptors (Lipinski definition) is 4. The number of aliphatic hydroxyl groups excluding tert-OH is 1. The summed E-state index contributed by atoms with van der Waals surface area (Å²) in [6.07, 6.45) is 0. The molecule has 1 aromatic carbocycles. The molecule has 0 aliphatic carbocycles. The first kappa shape index (κ1) is 13.6. The van der Waals surface area contributed by atoms with Gasteiger partial charge in [0.2, 0.25) is 0 Å². The Morgan fingerprint density at radius 3 is 2.67 bits per heavy atom. The fourth-order valence-electron chi connectivity index (χ4n) is 2.17. The molecule has 3 N–H and O–H groups in total. The Labute approximate surface area is 115 Å². The molecule has 1 aliphatic heterocycles. The summed E-state index contributed by atoms with van der Waals surface area (Å²) in [6.45, 7) is 5.17. The first-order valence-electron chi connectivity index (χ1n) is 6.04. The maximum absolute atomic E-state index is 9.28. The topological polar surface area (TPSA) is 64.7 Å². The van der Waals surface area contributed by atoms with Gasteiger partial charge in [-0.15, -0.1) is 0 Å². The van der Waals surface area contributed by atoms with Crippen molar-refractivity contribution in [1.29, 1.82) is 0 Å². The van der Waals surface area contributed by atoms with E-state index in [0.717, 1.165) is 21.3 Å². The van der Waals surface area contributed by atoms with Crippen molar-refractivity contribution in [3.8, 4) is 11.5 Å². The average Bonchev–Trinajstić information content (AvgIpc) is 2.37. The molecule has 0 radical (unpaired) electrons. The molecule has 1 aliphatic rings. The summed E-state index contributed by atoms with van der Waals surface area (Å²) in [5, 5.41) is 9.28. The van der Waals surface area contributed by atoms with Crippen molar-refractivity contribution in [3.05, 3.63) is 21.7 Å². The van der Waals surface area contributed by atoms with Crippen LogP contribution in [-0.4, -0.2) is 24.9 Å². The summed E-state index contributed by atoms with van der Waals surface area (Å²) in [4.78, 5) is 0. The van der Waals surface area contributed by atoms with E-state index in [9.17, 15) is 5.11 Å². The lowest BCUT2D eigenvalue weighted by Crippen LogP contribution is -2.21. The van der Waals surface area contributed by atoms with Crippen molar-refractivity contribution >= 4 is 15.9 Å². The summed E-state index contributed by atoms with van der Waals surface area (Å²) in [7, 11) is 0. The van der Waals surface area contributed by atoms with Gasteiger partial charge in [0, 0.05) is 0 Å². The van der Waals surface area contributed by atoms with E-state index >= 15 is 0 Å². The van der Waals surface area contributed by atoms with Gasteiger partial charge in [-0.1, -0.05) is 13.8 Å². The monoisotopic (exact) mass is 315 g/mol. The highest BCUT2D eigenvalue weighted by molar-refractivity contribution is 9.10. The molecule has 1 aromatic rings. The molecule has 0 amide bonds. The Hall–Kier alpha value is -0.780. The van der Waals surface area contributed by atoms with Crippen LogP contribution < -0.4 is 15.2 Å². The number of fused-ring (bicyclic) bond motifs is 1. The van der Waals surface area contributed by atoms with Crippen molar-refractivity contribution < 1.29 is 14.6 Å². The third kappa shape index (κ3) is 2.35. The zero-order chi connectivity index (χ0) is 13.3. The minimum Gasteiger partial charge on any atom is -0.486 e. The predicted molar refractivity (Wildman–Crippen MR) is 73.2 cm³/mol. The first-order valence-corrected chi connectivity index (χ1v) is 6.83. The van der Waals surface area contributed by atoms with Crippen LogP contribution in [0.5, 0.6) is 11.5 Å². The van der Waals surface area contributed by atoms with E-state index < -0.39 is 6.04 Å². The number of ether oxygens (including phenoxy) is 2. The number of rotatable bonds is 3. The van der Waals surface area contributed by atoms with Crippen LogP contribution in [0.25, 0.3) is 0 Å². The maximum Gasteiger partial charge on any atom is 0.175 e. The van der Waals surface area contributed by atoms with E-state index in [1.165, 1.54) is 0 Å². The van der Waals surface area contributed by atoms with Crippen LogP contribution in [-0.2, 0) is 0 Å². The van der Waals surface area contributed by atoms with E-state index in [2.05, 4.69) is 29.8 Å². The molecular weight excluding hydrogens is 298 g/mol. The van der Waals surface area contributed by atoms with E-state index in [0.29, 0.717) is 19.0 Å². The molecule has 0 aromatic heterocycles. The molecule has 1 atom stereocenters. The normalized spacial score (nSPS) is 15.9. The number of aliphatic hydroxyl groups is 1. The molecule has 0 bridgehead atoms. The van der Waals surface area contributed by atoms with Crippen molar-refractivity contribution in [1.82, 2.24) is 0 Å². The molecule has 100 valence electrons. The van der Waals surface area contributed by atoms with Crippen molar-refractivity contribution in [2.45, 2.75) is 25.8 Å². The van der Waals surface area contributed by atoms with Crippen molar-refractivity contribution in [2.24, 2.45) is 5.73 Å². The van der Waals surface area contributed by atoms with Crippen LogP contribution >= 0.6 is 15.9 Å². The molecule has 5 heteroatoms. The highest BCUT2D eigenvalue weighted by Gasteiger charge is 2.25. The standard InChI is InChI=1S/C13H18BrNO3/c1-7(2)11-8(9(15)6-16)5-10-13(12(11)14)18-4-3-17-10/h5,7,9,16H,3-4,6,15H2,1-2H3. The number of benzene rings is 1. The van der Waals surface area contributed by atoms with E-state index in [-0.39, 0.29) is 12.5 Å². The fraction of sp³-hybridized carbons (Fsp3) is 0.538. The Morgan fingerprint density at radius 1 is 1.39 bits per heavy atom. The van der Waals surface area contributed by atoms with Gasteiger partial charge >= 0.3 is 0 Å². The second-order valence-electron chi connectivity index (χ2n) is 4.66. The summed E-state index contributed by atoms with van der Waals surface area (Å²) >= 11 is 3.57. The molecule has 1 unspecified atom stereocenters.